The van der Waals surface area contributed by atoms with Crippen molar-refractivity contribution in [1.82, 2.24) is 0 Å². The molecule has 0 aliphatic rings. The summed E-state index contributed by atoms with van der Waals surface area (Å²) in [6.45, 7) is 7.59. The molecule has 0 heterocycles. The van der Waals surface area contributed by atoms with Crippen molar-refractivity contribution < 1.29 is 4.92 Å². The fourth-order valence-electron chi connectivity index (χ4n) is 1.66. The number of benzene rings is 1. The van der Waals surface area contributed by atoms with E-state index in [1.54, 1.807) is 13.8 Å². The Labute approximate surface area is 89.5 Å². The van der Waals surface area contributed by atoms with Crippen LogP contribution in [0.1, 0.15) is 25.0 Å². The van der Waals surface area contributed by atoms with Gasteiger partial charge in [0.2, 0.25) is 0 Å². The molecule has 1 N–H and O–H groups in total. The highest BCUT2D eigenvalue weighted by atomic mass is 16.6. The molecule has 4 nitrogen and oxygen atoms in total. The van der Waals surface area contributed by atoms with Crippen LogP contribution in [0, 0.1) is 24.0 Å². The Bertz CT molecular complexity index is 363. The predicted molar refractivity (Wildman–Crippen MR) is 61.3 cm³/mol. The van der Waals surface area contributed by atoms with E-state index in [1.807, 2.05) is 26.0 Å². The van der Waals surface area contributed by atoms with Crippen LogP contribution in [0.15, 0.2) is 12.1 Å². The van der Waals surface area contributed by atoms with E-state index in [9.17, 15) is 10.1 Å². The highest BCUT2D eigenvalue weighted by Gasteiger charge is 2.15. The lowest BCUT2D eigenvalue weighted by Crippen LogP contribution is -2.10. The summed E-state index contributed by atoms with van der Waals surface area (Å²) in [6, 6.07) is 3.95. The Balaban J connectivity index is 3.14. The summed E-state index contributed by atoms with van der Waals surface area (Å²) in [4.78, 5) is 10.4. The second kappa shape index (κ2) is 4.29. The summed E-state index contributed by atoms with van der Waals surface area (Å²) in [5, 5.41) is 14.0. The first-order valence-electron chi connectivity index (χ1n) is 4.94. The second-order valence-corrected chi connectivity index (χ2v) is 4.01. The SMILES string of the molecule is Cc1cc(NC(C)C)cc(C)c1[N+](=O)[O-]. The van der Waals surface area contributed by atoms with Crippen LogP contribution in [-0.2, 0) is 0 Å². The molecule has 0 saturated carbocycles. The van der Waals surface area contributed by atoms with E-state index in [2.05, 4.69) is 5.32 Å². The van der Waals surface area contributed by atoms with Crippen molar-refractivity contribution in [2.24, 2.45) is 0 Å². The zero-order chi connectivity index (χ0) is 11.6. The van der Waals surface area contributed by atoms with Crippen molar-refractivity contribution in [3.05, 3.63) is 33.4 Å². The Hall–Kier alpha value is -1.58. The number of hydrogen-bond donors (Lipinski definition) is 1. The zero-order valence-corrected chi connectivity index (χ0v) is 9.50. The van der Waals surface area contributed by atoms with Crippen molar-refractivity contribution in [2.75, 3.05) is 5.32 Å². The van der Waals surface area contributed by atoms with Gasteiger partial charge in [0.05, 0.1) is 4.92 Å². The van der Waals surface area contributed by atoms with E-state index in [0.717, 1.165) is 5.69 Å². The first kappa shape index (κ1) is 11.5. The van der Waals surface area contributed by atoms with E-state index in [4.69, 9.17) is 0 Å². The van der Waals surface area contributed by atoms with Crippen LogP contribution >= 0.6 is 0 Å². The number of hydrogen-bond acceptors (Lipinski definition) is 3. The minimum Gasteiger partial charge on any atom is -0.383 e. The predicted octanol–water partition coefficient (Wildman–Crippen LogP) is 3.03. The first-order chi connectivity index (χ1) is 6.91. The fraction of sp³-hybridized carbons (Fsp3) is 0.455. The molecule has 0 saturated heterocycles. The first-order valence-corrected chi connectivity index (χ1v) is 4.94. The van der Waals surface area contributed by atoms with E-state index in [-0.39, 0.29) is 10.6 Å². The van der Waals surface area contributed by atoms with Crippen LogP contribution in [0.3, 0.4) is 0 Å². The van der Waals surface area contributed by atoms with Crippen LogP contribution in [0.25, 0.3) is 0 Å². The Morgan fingerprint density at radius 2 is 1.73 bits per heavy atom. The molecule has 4 heteroatoms. The van der Waals surface area contributed by atoms with Crippen molar-refractivity contribution in [1.29, 1.82) is 0 Å². The van der Waals surface area contributed by atoms with Crippen LogP contribution in [0.5, 0.6) is 0 Å². The van der Waals surface area contributed by atoms with Gasteiger partial charge in [-0.3, -0.25) is 10.1 Å². The monoisotopic (exact) mass is 208 g/mol. The largest absolute Gasteiger partial charge is 0.383 e. The lowest BCUT2D eigenvalue weighted by Gasteiger charge is -2.11. The minimum absolute atomic E-state index is 0.212. The van der Waals surface area contributed by atoms with Gasteiger partial charge in [0.15, 0.2) is 0 Å². The van der Waals surface area contributed by atoms with Gasteiger partial charge in [-0.25, -0.2) is 0 Å². The maximum Gasteiger partial charge on any atom is 0.275 e. The van der Waals surface area contributed by atoms with E-state index >= 15 is 0 Å². The maximum absolute atomic E-state index is 10.8. The van der Waals surface area contributed by atoms with Crippen LogP contribution in [-0.4, -0.2) is 11.0 Å². The average Bonchev–Trinajstić information content (AvgIpc) is 1.99. The van der Waals surface area contributed by atoms with Crippen LogP contribution in [0.4, 0.5) is 11.4 Å². The number of rotatable bonds is 3. The number of nitro groups is 1. The standard InChI is InChI=1S/C11H16N2O2/c1-7(2)12-10-5-8(3)11(13(14)15)9(4)6-10/h5-7,12H,1-4H3. The Morgan fingerprint density at radius 1 is 1.27 bits per heavy atom. The van der Waals surface area contributed by atoms with Gasteiger partial charge in [0, 0.05) is 22.9 Å². The van der Waals surface area contributed by atoms with E-state index < -0.39 is 0 Å². The van der Waals surface area contributed by atoms with Gasteiger partial charge < -0.3 is 5.32 Å². The summed E-state index contributed by atoms with van der Waals surface area (Å²) in [5.41, 5.74) is 2.54. The molecule has 0 unspecified atom stereocenters. The number of aryl methyl sites for hydroxylation is 2. The molecule has 0 radical (unpaired) electrons. The molecule has 1 aromatic carbocycles. The quantitative estimate of drug-likeness (QED) is 0.613. The molecule has 0 aromatic heterocycles. The minimum atomic E-state index is -0.330. The van der Waals surface area contributed by atoms with Crippen LogP contribution < -0.4 is 5.32 Å². The van der Waals surface area contributed by atoms with Crippen molar-refractivity contribution in [3.8, 4) is 0 Å². The smallest absolute Gasteiger partial charge is 0.275 e. The third-order valence-electron chi connectivity index (χ3n) is 2.13. The molecule has 0 amide bonds. The summed E-state index contributed by atoms with van der Waals surface area (Å²) >= 11 is 0. The lowest BCUT2D eigenvalue weighted by atomic mass is 10.1. The van der Waals surface area contributed by atoms with Gasteiger partial charge in [-0.05, 0) is 39.8 Å². The van der Waals surface area contributed by atoms with Gasteiger partial charge in [-0.1, -0.05) is 0 Å². The van der Waals surface area contributed by atoms with E-state index in [1.165, 1.54) is 0 Å². The second-order valence-electron chi connectivity index (χ2n) is 4.01. The van der Waals surface area contributed by atoms with Gasteiger partial charge in [-0.2, -0.15) is 0 Å². The topological polar surface area (TPSA) is 55.2 Å². The summed E-state index contributed by atoms with van der Waals surface area (Å²) < 4.78 is 0. The molecule has 1 aromatic rings. The molecule has 15 heavy (non-hydrogen) atoms. The summed E-state index contributed by atoms with van der Waals surface area (Å²) in [6.07, 6.45) is 0. The normalized spacial score (nSPS) is 10.5. The summed E-state index contributed by atoms with van der Waals surface area (Å²) in [7, 11) is 0. The molecular weight excluding hydrogens is 192 g/mol. The Kier molecular flexibility index (Phi) is 3.29. The number of nitrogens with zero attached hydrogens (tertiary/aromatic N) is 1. The third-order valence-corrected chi connectivity index (χ3v) is 2.13. The lowest BCUT2D eigenvalue weighted by molar-refractivity contribution is -0.386. The highest BCUT2D eigenvalue weighted by molar-refractivity contribution is 5.58. The van der Waals surface area contributed by atoms with Crippen molar-refractivity contribution in [2.45, 2.75) is 33.7 Å². The molecular formula is C11H16N2O2. The number of anilines is 1. The van der Waals surface area contributed by atoms with Crippen molar-refractivity contribution >= 4 is 11.4 Å². The molecule has 1 rings (SSSR count). The van der Waals surface area contributed by atoms with E-state index in [0.29, 0.717) is 17.2 Å². The molecule has 82 valence electrons. The molecule has 0 aliphatic carbocycles. The fourth-order valence-corrected chi connectivity index (χ4v) is 1.66. The number of nitrogens with one attached hydrogen (secondary N) is 1. The van der Waals surface area contributed by atoms with Crippen LogP contribution in [0.2, 0.25) is 0 Å². The summed E-state index contributed by atoms with van der Waals surface area (Å²) in [5.74, 6) is 0. The maximum atomic E-state index is 10.8. The average molecular weight is 208 g/mol. The van der Waals surface area contributed by atoms with Crippen molar-refractivity contribution in [3.63, 3.8) is 0 Å². The number of nitro benzene ring substituents is 1. The molecule has 0 fully saturated rings. The molecule has 0 bridgehead atoms. The zero-order valence-electron chi connectivity index (χ0n) is 9.50. The molecule has 0 spiro atoms. The van der Waals surface area contributed by atoms with Gasteiger partial charge in [0.1, 0.15) is 0 Å². The van der Waals surface area contributed by atoms with Gasteiger partial charge in [0.25, 0.3) is 5.69 Å². The van der Waals surface area contributed by atoms with Gasteiger partial charge >= 0.3 is 0 Å². The molecule has 0 aliphatic heterocycles. The van der Waals surface area contributed by atoms with Gasteiger partial charge in [-0.15, -0.1) is 0 Å². The highest BCUT2D eigenvalue weighted by Crippen LogP contribution is 2.26. The third kappa shape index (κ3) is 2.68. The Morgan fingerprint density at radius 3 is 2.07 bits per heavy atom. The molecule has 0 atom stereocenters.